The minimum Gasteiger partial charge on any atom is -0.504 e. The molecule has 160 valence electrons. The molecule has 2 N–H and O–H groups in total. The number of nitrogens with zero attached hydrogens (tertiary/aromatic N) is 5. The van der Waals surface area contributed by atoms with Crippen molar-refractivity contribution >= 4 is 28.1 Å². The second-order valence-electron chi connectivity index (χ2n) is 7.23. The van der Waals surface area contributed by atoms with Gasteiger partial charge in [-0.1, -0.05) is 6.58 Å². The number of non-ortho nitro benzene ring substituents is 1. The third-order valence-corrected chi connectivity index (χ3v) is 5.41. The van der Waals surface area contributed by atoms with Crippen molar-refractivity contribution in [3.63, 3.8) is 0 Å². The van der Waals surface area contributed by atoms with Crippen molar-refractivity contribution in [2.45, 2.75) is 6.92 Å². The zero-order valence-corrected chi connectivity index (χ0v) is 16.6. The van der Waals surface area contributed by atoms with E-state index < -0.39 is 21.9 Å². The van der Waals surface area contributed by atoms with Gasteiger partial charge in [0.05, 0.1) is 10.6 Å². The molecule has 1 aromatic heterocycles. The molecule has 0 spiro atoms. The molecular formula is C20H19N5O6. The first-order valence-electron chi connectivity index (χ1n) is 9.43. The number of nitro benzene ring substituents is 1. The molecule has 2 aromatic carbocycles. The van der Waals surface area contributed by atoms with Crippen molar-refractivity contribution < 1.29 is 19.8 Å². The molecule has 0 atom stereocenters. The highest BCUT2D eigenvalue weighted by molar-refractivity contribution is 5.93. The molecule has 1 aliphatic heterocycles. The number of hydrogen-bond donors (Lipinski definition) is 2. The van der Waals surface area contributed by atoms with E-state index in [4.69, 9.17) is 4.63 Å². The fourth-order valence-corrected chi connectivity index (χ4v) is 3.73. The smallest absolute Gasteiger partial charge is 0.300 e. The Balaban J connectivity index is 1.56. The van der Waals surface area contributed by atoms with Crippen LogP contribution in [0.3, 0.4) is 0 Å². The first-order chi connectivity index (χ1) is 14.8. The van der Waals surface area contributed by atoms with E-state index in [1.165, 1.54) is 18.2 Å². The Morgan fingerprint density at radius 1 is 1.16 bits per heavy atom. The van der Waals surface area contributed by atoms with Crippen LogP contribution >= 0.6 is 0 Å². The number of aromatic nitrogens is 2. The van der Waals surface area contributed by atoms with Crippen molar-refractivity contribution in [2.24, 2.45) is 0 Å². The molecular weight excluding hydrogens is 406 g/mol. The SMILES string of the molecule is C=C(c1cc(O)c(O)c(=O)cc1C)N1CCN(c2ccc([N+](=O)[O-])c3nonc23)CC1. The van der Waals surface area contributed by atoms with Crippen LogP contribution < -0.4 is 10.3 Å². The summed E-state index contributed by atoms with van der Waals surface area (Å²) in [5, 5.41) is 38.4. The fourth-order valence-electron chi connectivity index (χ4n) is 3.73. The van der Waals surface area contributed by atoms with Gasteiger partial charge in [0.25, 0.3) is 0 Å². The lowest BCUT2D eigenvalue weighted by atomic mass is 10.1. The van der Waals surface area contributed by atoms with E-state index in [0.29, 0.717) is 54.2 Å². The molecule has 1 fully saturated rings. The van der Waals surface area contributed by atoms with E-state index >= 15 is 0 Å². The molecule has 0 bridgehead atoms. The largest absolute Gasteiger partial charge is 0.504 e. The van der Waals surface area contributed by atoms with E-state index in [1.807, 2.05) is 9.80 Å². The Hall–Kier alpha value is -4.15. The summed E-state index contributed by atoms with van der Waals surface area (Å²) in [6.45, 7) is 8.09. The van der Waals surface area contributed by atoms with Gasteiger partial charge in [-0.25, -0.2) is 4.63 Å². The van der Waals surface area contributed by atoms with Gasteiger partial charge in [-0.05, 0) is 41.0 Å². The Morgan fingerprint density at radius 3 is 2.52 bits per heavy atom. The van der Waals surface area contributed by atoms with Crippen LogP contribution in [0.1, 0.15) is 11.1 Å². The minimum absolute atomic E-state index is 0.102. The lowest BCUT2D eigenvalue weighted by Crippen LogP contribution is -2.45. The van der Waals surface area contributed by atoms with Crippen LogP contribution in [0.25, 0.3) is 16.7 Å². The van der Waals surface area contributed by atoms with Gasteiger partial charge in [-0.3, -0.25) is 14.9 Å². The van der Waals surface area contributed by atoms with Crippen LogP contribution in [0.15, 0.2) is 40.3 Å². The molecule has 0 aliphatic carbocycles. The molecule has 31 heavy (non-hydrogen) atoms. The summed E-state index contributed by atoms with van der Waals surface area (Å²) in [7, 11) is 0. The van der Waals surface area contributed by atoms with E-state index in [2.05, 4.69) is 16.9 Å². The van der Waals surface area contributed by atoms with Crippen LogP contribution in [0.4, 0.5) is 11.4 Å². The number of fused-ring (bicyclic) bond motifs is 1. The van der Waals surface area contributed by atoms with E-state index in [0.717, 1.165) is 0 Å². The van der Waals surface area contributed by atoms with Crippen LogP contribution in [-0.4, -0.2) is 56.5 Å². The van der Waals surface area contributed by atoms with Gasteiger partial charge >= 0.3 is 5.69 Å². The quantitative estimate of drug-likeness (QED) is 0.470. The molecule has 11 heteroatoms. The van der Waals surface area contributed by atoms with Crippen molar-refractivity contribution in [1.29, 1.82) is 0 Å². The molecule has 0 radical (unpaired) electrons. The molecule has 0 unspecified atom stereocenters. The lowest BCUT2D eigenvalue weighted by molar-refractivity contribution is -0.383. The summed E-state index contributed by atoms with van der Waals surface area (Å²) in [5.41, 5.74) is 2.04. The van der Waals surface area contributed by atoms with E-state index in [1.54, 1.807) is 13.0 Å². The van der Waals surface area contributed by atoms with E-state index in [9.17, 15) is 25.1 Å². The van der Waals surface area contributed by atoms with Gasteiger partial charge in [0.1, 0.15) is 0 Å². The molecule has 3 aromatic rings. The maximum atomic E-state index is 11.8. The number of rotatable bonds is 4. The molecule has 11 nitrogen and oxygen atoms in total. The second-order valence-corrected chi connectivity index (χ2v) is 7.23. The summed E-state index contributed by atoms with van der Waals surface area (Å²) in [5.74, 6) is -1.20. The summed E-state index contributed by atoms with van der Waals surface area (Å²) in [6, 6.07) is 5.61. The number of nitro groups is 1. The van der Waals surface area contributed by atoms with Crippen molar-refractivity contribution in [1.82, 2.24) is 15.2 Å². The van der Waals surface area contributed by atoms with Crippen molar-refractivity contribution in [2.75, 3.05) is 31.1 Å². The summed E-state index contributed by atoms with van der Waals surface area (Å²) < 4.78 is 4.73. The zero-order valence-electron chi connectivity index (χ0n) is 16.6. The third kappa shape index (κ3) is 3.50. The first kappa shape index (κ1) is 20.1. The summed E-state index contributed by atoms with van der Waals surface area (Å²) >= 11 is 0. The average Bonchev–Trinajstić information content (AvgIpc) is 3.22. The Labute approximate surface area is 175 Å². The number of aromatic hydroxyl groups is 2. The predicted molar refractivity (Wildman–Crippen MR) is 112 cm³/mol. The number of aryl methyl sites for hydroxylation is 1. The molecule has 0 amide bonds. The van der Waals surface area contributed by atoms with Crippen LogP contribution in [0.5, 0.6) is 11.5 Å². The molecule has 4 rings (SSSR count). The number of piperazine rings is 1. The van der Waals surface area contributed by atoms with Crippen molar-refractivity contribution in [3.05, 3.63) is 62.3 Å². The zero-order chi connectivity index (χ0) is 22.3. The normalized spacial score (nSPS) is 14.1. The number of hydrogen-bond acceptors (Lipinski definition) is 10. The Bertz CT molecular complexity index is 1260. The lowest BCUT2D eigenvalue weighted by Gasteiger charge is -2.38. The third-order valence-electron chi connectivity index (χ3n) is 5.41. The van der Waals surface area contributed by atoms with Gasteiger partial charge in [0.15, 0.2) is 11.3 Å². The second kappa shape index (κ2) is 7.59. The predicted octanol–water partition coefficient (Wildman–Crippen LogP) is 2.00. The van der Waals surface area contributed by atoms with Crippen molar-refractivity contribution in [3.8, 4) is 11.5 Å². The monoisotopic (exact) mass is 425 g/mol. The van der Waals surface area contributed by atoms with Gasteiger partial charge in [-0.2, -0.15) is 0 Å². The molecule has 1 saturated heterocycles. The minimum atomic E-state index is -0.699. The summed E-state index contributed by atoms with van der Waals surface area (Å²) in [6.07, 6.45) is 0. The van der Waals surface area contributed by atoms with Gasteiger partial charge in [0.2, 0.25) is 16.7 Å². The van der Waals surface area contributed by atoms with Gasteiger partial charge < -0.3 is 20.0 Å². The molecule has 0 saturated carbocycles. The number of benzene rings is 1. The number of anilines is 1. The average molecular weight is 425 g/mol. The highest BCUT2D eigenvalue weighted by Gasteiger charge is 2.26. The van der Waals surface area contributed by atoms with Crippen LogP contribution in [-0.2, 0) is 0 Å². The van der Waals surface area contributed by atoms with E-state index in [-0.39, 0.29) is 11.2 Å². The van der Waals surface area contributed by atoms with Gasteiger partial charge in [-0.15, -0.1) is 0 Å². The first-order valence-corrected chi connectivity index (χ1v) is 9.43. The molecule has 1 aliphatic rings. The maximum Gasteiger partial charge on any atom is 0.300 e. The fraction of sp³-hybridized carbons (Fsp3) is 0.250. The Kier molecular flexibility index (Phi) is 4.93. The van der Waals surface area contributed by atoms with Gasteiger partial charge in [0, 0.05) is 43.5 Å². The summed E-state index contributed by atoms with van der Waals surface area (Å²) in [4.78, 5) is 26.5. The highest BCUT2D eigenvalue weighted by atomic mass is 16.6. The van der Waals surface area contributed by atoms with Crippen LogP contribution in [0.2, 0.25) is 0 Å². The van der Waals surface area contributed by atoms with Crippen LogP contribution in [0, 0.1) is 17.0 Å². The topological polar surface area (TPSA) is 146 Å². The standard InChI is InChI=1S/C20H19N5O6/c1-11-9-16(26)20(28)17(27)10-13(11)12(2)23-5-7-24(8-6-23)14-3-4-15(25(29)30)19-18(14)21-31-22-19/h3-4,9-10H,2,5-8H2,1H3,(H2,26,27,28). The Morgan fingerprint density at radius 2 is 1.84 bits per heavy atom. The maximum absolute atomic E-state index is 11.8. The highest BCUT2D eigenvalue weighted by Crippen LogP contribution is 2.33. The molecule has 2 heterocycles.